The molecule has 0 N–H and O–H groups in total. The molecule has 104 valence electrons. The molecule has 0 bridgehead atoms. The Morgan fingerprint density at radius 1 is 1.28 bits per heavy atom. The zero-order valence-corrected chi connectivity index (χ0v) is 12.1. The van der Waals surface area contributed by atoms with Gasteiger partial charge < -0.3 is 4.74 Å². The van der Waals surface area contributed by atoms with Crippen LogP contribution < -0.4 is 0 Å². The second-order valence-corrected chi connectivity index (χ2v) is 4.95. The van der Waals surface area contributed by atoms with E-state index >= 15 is 0 Å². The third-order valence-electron chi connectivity index (χ3n) is 3.20. The van der Waals surface area contributed by atoms with E-state index in [1.165, 1.54) is 7.11 Å². The maximum atomic E-state index is 12.1. The molecule has 0 fully saturated rings. The molecule has 0 saturated carbocycles. The first-order valence-electron chi connectivity index (χ1n) is 6.73. The molecule has 0 aromatic carbocycles. The SMILES string of the molecule is C=CC(CCCCC)C(C(=O)OC)C(=O)C(C)C. The highest BCUT2D eigenvalue weighted by atomic mass is 16.5. The van der Waals surface area contributed by atoms with E-state index in [2.05, 4.69) is 13.5 Å². The van der Waals surface area contributed by atoms with Crippen LogP contribution in [0.1, 0.15) is 46.5 Å². The number of rotatable bonds is 9. The van der Waals surface area contributed by atoms with Crippen molar-refractivity contribution in [3.63, 3.8) is 0 Å². The van der Waals surface area contributed by atoms with Crippen molar-refractivity contribution < 1.29 is 14.3 Å². The highest BCUT2D eigenvalue weighted by Crippen LogP contribution is 2.25. The lowest BCUT2D eigenvalue weighted by molar-refractivity contribution is -0.152. The second-order valence-electron chi connectivity index (χ2n) is 4.95. The van der Waals surface area contributed by atoms with Crippen LogP contribution in [0.5, 0.6) is 0 Å². The van der Waals surface area contributed by atoms with Crippen molar-refractivity contribution in [2.24, 2.45) is 17.8 Å². The number of methoxy groups -OCH3 is 1. The van der Waals surface area contributed by atoms with Crippen LogP contribution in [0.3, 0.4) is 0 Å². The van der Waals surface area contributed by atoms with Gasteiger partial charge in [0.15, 0.2) is 0 Å². The van der Waals surface area contributed by atoms with E-state index in [-0.39, 0.29) is 17.6 Å². The molecule has 3 nitrogen and oxygen atoms in total. The molecule has 0 aliphatic rings. The summed E-state index contributed by atoms with van der Waals surface area (Å²) in [6.45, 7) is 9.50. The summed E-state index contributed by atoms with van der Waals surface area (Å²) in [6, 6.07) is 0. The van der Waals surface area contributed by atoms with E-state index in [1.54, 1.807) is 6.08 Å². The molecule has 0 amide bonds. The number of ketones is 1. The van der Waals surface area contributed by atoms with E-state index in [4.69, 9.17) is 4.74 Å². The van der Waals surface area contributed by atoms with Gasteiger partial charge in [0, 0.05) is 5.92 Å². The van der Waals surface area contributed by atoms with Gasteiger partial charge >= 0.3 is 5.97 Å². The third-order valence-corrected chi connectivity index (χ3v) is 3.20. The van der Waals surface area contributed by atoms with E-state index < -0.39 is 11.9 Å². The Hall–Kier alpha value is -1.12. The zero-order chi connectivity index (χ0) is 14.1. The van der Waals surface area contributed by atoms with Crippen molar-refractivity contribution in [3.8, 4) is 0 Å². The largest absolute Gasteiger partial charge is 0.468 e. The second kappa shape index (κ2) is 8.90. The van der Waals surface area contributed by atoms with Crippen LogP contribution >= 0.6 is 0 Å². The number of Topliss-reactive ketones (excluding diaryl/α,β-unsaturated/α-hetero) is 1. The average molecular weight is 254 g/mol. The van der Waals surface area contributed by atoms with Crippen LogP contribution in [0.25, 0.3) is 0 Å². The minimum Gasteiger partial charge on any atom is -0.468 e. The summed E-state index contributed by atoms with van der Waals surface area (Å²) in [6.07, 6.45) is 5.76. The lowest BCUT2D eigenvalue weighted by Crippen LogP contribution is -2.34. The third kappa shape index (κ3) is 5.03. The summed E-state index contributed by atoms with van der Waals surface area (Å²) in [7, 11) is 1.33. The molecule has 0 aliphatic carbocycles. The topological polar surface area (TPSA) is 43.4 Å². The van der Waals surface area contributed by atoms with E-state index in [0.29, 0.717) is 0 Å². The molecule has 0 heterocycles. The summed E-state index contributed by atoms with van der Waals surface area (Å²) >= 11 is 0. The summed E-state index contributed by atoms with van der Waals surface area (Å²) < 4.78 is 4.77. The summed E-state index contributed by atoms with van der Waals surface area (Å²) in [5.41, 5.74) is 0. The number of carbonyl (C=O) groups excluding carboxylic acids is 2. The van der Waals surface area contributed by atoms with Crippen LogP contribution in [-0.4, -0.2) is 18.9 Å². The number of ether oxygens (including phenoxy) is 1. The summed E-state index contributed by atoms with van der Waals surface area (Å²) in [4.78, 5) is 23.9. The predicted octanol–water partition coefficient (Wildman–Crippen LogP) is 3.38. The van der Waals surface area contributed by atoms with Crippen LogP contribution in [0, 0.1) is 17.8 Å². The first-order chi connectivity index (χ1) is 8.49. The first-order valence-corrected chi connectivity index (χ1v) is 6.73. The van der Waals surface area contributed by atoms with Gasteiger partial charge in [0.05, 0.1) is 7.11 Å². The lowest BCUT2D eigenvalue weighted by atomic mass is 9.81. The summed E-state index contributed by atoms with van der Waals surface area (Å²) in [5, 5.41) is 0. The standard InChI is InChI=1S/C15H26O3/c1-6-8-9-10-12(7-2)13(15(17)18-5)14(16)11(3)4/h7,11-13H,2,6,8-10H2,1,3-5H3. The molecule has 2 unspecified atom stereocenters. The molecular weight excluding hydrogens is 228 g/mol. The van der Waals surface area contributed by atoms with E-state index in [1.807, 2.05) is 13.8 Å². The van der Waals surface area contributed by atoms with Crippen LogP contribution in [0.4, 0.5) is 0 Å². The Morgan fingerprint density at radius 3 is 2.28 bits per heavy atom. The monoisotopic (exact) mass is 254 g/mol. The van der Waals surface area contributed by atoms with E-state index in [9.17, 15) is 9.59 Å². The fourth-order valence-corrected chi connectivity index (χ4v) is 2.04. The Morgan fingerprint density at radius 2 is 1.89 bits per heavy atom. The lowest BCUT2D eigenvalue weighted by Gasteiger charge is -2.22. The Kier molecular flexibility index (Phi) is 8.34. The fourth-order valence-electron chi connectivity index (χ4n) is 2.04. The maximum Gasteiger partial charge on any atom is 0.316 e. The molecule has 0 spiro atoms. The van der Waals surface area contributed by atoms with Gasteiger partial charge in [0.2, 0.25) is 0 Å². The van der Waals surface area contributed by atoms with Gasteiger partial charge in [-0.25, -0.2) is 0 Å². The number of carbonyl (C=O) groups is 2. The normalized spacial score (nSPS) is 14.1. The highest BCUT2D eigenvalue weighted by Gasteiger charge is 2.34. The zero-order valence-electron chi connectivity index (χ0n) is 12.1. The van der Waals surface area contributed by atoms with Gasteiger partial charge in [-0.15, -0.1) is 6.58 Å². The van der Waals surface area contributed by atoms with Gasteiger partial charge in [-0.2, -0.15) is 0 Å². The molecule has 0 radical (unpaired) electrons. The quantitative estimate of drug-likeness (QED) is 0.274. The van der Waals surface area contributed by atoms with Crippen LogP contribution in [0.2, 0.25) is 0 Å². The maximum absolute atomic E-state index is 12.1. The first kappa shape index (κ1) is 16.9. The van der Waals surface area contributed by atoms with Gasteiger partial charge in [0.1, 0.15) is 11.7 Å². The number of hydrogen-bond acceptors (Lipinski definition) is 3. The molecule has 0 aromatic rings. The van der Waals surface area contributed by atoms with Crippen molar-refractivity contribution in [1.82, 2.24) is 0 Å². The molecule has 0 aliphatic heterocycles. The fraction of sp³-hybridized carbons (Fsp3) is 0.733. The Labute approximate surface area is 111 Å². The van der Waals surface area contributed by atoms with Gasteiger partial charge in [-0.3, -0.25) is 9.59 Å². The molecule has 0 rings (SSSR count). The molecule has 3 heteroatoms. The predicted molar refractivity (Wildman–Crippen MR) is 73.2 cm³/mol. The molecule has 2 atom stereocenters. The molecular formula is C15H26O3. The van der Waals surface area contributed by atoms with Gasteiger partial charge in [-0.1, -0.05) is 46.1 Å². The number of unbranched alkanes of at least 4 members (excludes halogenated alkanes) is 2. The van der Waals surface area contributed by atoms with Crippen molar-refractivity contribution in [2.45, 2.75) is 46.5 Å². The smallest absolute Gasteiger partial charge is 0.316 e. The Balaban J connectivity index is 4.84. The van der Waals surface area contributed by atoms with Gasteiger partial charge in [-0.05, 0) is 12.3 Å². The van der Waals surface area contributed by atoms with Crippen molar-refractivity contribution in [2.75, 3.05) is 7.11 Å². The average Bonchev–Trinajstić information content (AvgIpc) is 2.36. The number of esters is 1. The minimum absolute atomic E-state index is 0.0525. The number of allylic oxidation sites excluding steroid dienone is 1. The molecule has 18 heavy (non-hydrogen) atoms. The summed E-state index contributed by atoms with van der Waals surface area (Å²) in [5.74, 6) is -1.45. The van der Waals surface area contributed by atoms with Gasteiger partial charge in [0.25, 0.3) is 0 Å². The van der Waals surface area contributed by atoms with Crippen LogP contribution in [0.15, 0.2) is 12.7 Å². The minimum atomic E-state index is -0.690. The van der Waals surface area contributed by atoms with Crippen molar-refractivity contribution >= 4 is 11.8 Å². The molecule has 0 aromatic heterocycles. The Bertz CT molecular complexity index is 281. The van der Waals surface area contributed by atoms with Crippen molar-refractivity contribution in [1.29, 1.82) is 0 Å². The van der Waals surface area contributed by atoms with Crippen molar-refractivity contribution in [3.05, 3.63) is 12.7 Å². The number of hydrogen-bond donors (Lipinski definition) is 0. The highest BCUT2D eigenvalue weighted by molar-refractivity contribution is 6.00. The molecule has 0 saturated heterocycles. The van der Waals surface area contributed by atoms with E-state index in [0.717, 1.165) is 25.7 Å². The van der Waals surface area contributed by atoms with Crippen LogP contribution in [-0.2, 0) is 14.3 Å².